The minimum atomic E-state index is -0.334. The van der Waals surface area contributed by atoms with Gasteiger partial charge in [0.1, 0.15) is 13.2 Å². The fourth-order valence-electron chi connectivity index (χ4n) is 2.60. The molecule has 8 heteroatoms. The summed E-state index contributed by atoms with van der Waals surface area (Å²) in [6, 6.07) is 10.8. The van der Waals surface area contributed by atoms with Gasteiger partial charge in [-0.15, -0.1) is 0 Å². The Morgan fingerprint density at radius 3 is 2.88 bits per heavy atom. The smallest absolute Gasteiger partial charge is 0.237 e. The van der Waals surface area contributed by atoms with Gasteiger partial charge in [-0.25, -0.2) is 4.98 Å². The average Bonchev–Trinajstić information content (AvgIpc) is 3.02. The molecule has 6 nitrogen and oxygen atoms in total. The van der Waals surface area contributed by atoms with E-state index >= 15 is 0 Å². The topological polar surface area (TPSA) is 76.2 Å². The van der Waals surface area contributed by atoms with Crippen LogP contribution < -0.4 is 14.8 Å². The number of hydrogen-bond donors (Lipinski definition) is 2. The van der Waals surface area contributed by atoms with E-state index in [4.69, 9.17) is 21.1 Å². The maximum atomic E-state index is 12.5. The molecule has 2 N–H and O–H groups in total. The third-order valence-electron chi connectivity index (χ3n) is 3.89. The first-order valence-electron chi connectivity index (χ1n) is 8.11. The number of imidazole rings is 1. The van der Waals surface area contributed by atoms with Gasteiger partial charge in [-0.2, -0.15) is 0 Å². The molecule has 0 fully saturated rings. The number of nitrogens with one attached hydrogen (secondary N) is 2. The number of benzene rings is 2. The van der Waals surface area contributed by atoms with Crippen LogP contribution in [-0.4, -0.2) is 34.3 Å². The van der Waals surface area contributed by atoms with Crippen LogP contribution in [0.4, 0.5) is 5.69 Å². The summed E-state index contributed by atoms with van der Waals surface area (Å²) in [5, 5.41) is 3.88. The summed E-state index contributed by atoms with van der Waals surface area (Å²) in [6.07, 6.45) is 0. The van der Waals surface area contributed by atoms with E-state index in [9.17, 15) is 4.79 Å². The number of anilines is 1. The molecule has 4 rings (SSSR count). The number of carbonyl (C=O) groups excluding carboxylic acids is 1. The van der Waals surface area contributed by atoms with Gasteiger partial charge in [0, 0.05) is 16.8 Å². The Labute approximate surface area is 159 Å². The van der Waals surface area contributed by atoms with Crippen LogP contribution in [0.25, 0.3) is 11.0 Å². The van der Waals surface area contributed by atoms with Gasteiger partial charge in [0.15, 0.2) is 16.7 Å². The van der Waals surface area contributed by atoms with Gasteiger partial charge in [-0.1, -0.05) is 23.4 Å². The first-order chi connectivity index (χ1) is 12.6. The number of fused-ring (bicyclic) bond motifs is 2. The second-order valence-corrected chi connectivity index (χ2v) is 7.58. The maximum Gasteiger partial charge on any atom is 0.237 e. The highest BCUT2D eigenvalue weighted by Crippen LogP contribution is 2.33. The van der Waals surface area contributed by atoms with Gasteiger partial charge in [-0.3, -0.25) is 4.79 Å². The molecule has 134 valence electrons. The Hall–Kier alpha value is -2.38. The van der Waals surface area contributed by atoms with Gasteiger partial charge in [0.05, 0.1) is 16.3 Å². The molecule has 0 saturated carbocycles. The maximum absolute atomic E-state index is 12.5. The van der Waals surface area contributed by atoms with Crippen LogP contribution in [0.1, 0.15) is 6.92 Å². The van der Waals surface area contributed by atoms with Gasteiger partial charge in [-0.05, 0) is 37.3 Å². The van der Waals surface area contributed by atoms with Crippen molar-refractivity contribution in [3.63, 3.8) is 0 Å². The Balaban J connectivity index is 1.43. The van der Waals surface area contributed by atoms with Gasteiger partial charge in [0.25, 0.3) is 0 Å². The van der Waals surface area contributed by atoms with E-state index < -0.39 is 0 Å². The molecule has 0 bridgehead atoms. The number of amides is 1. The lowest BCUT2D eigenvalue weighted by atomic mass is 10.2. The summed E-state index contributed by atoms with van der Waals surface area (Å²) in [6.45, 7) is 2.87. The fourth-order valence-corrected chi connectivity index (χ4v) is 3.59. The highest BCUT2D eigenvalue weighted by Gasteiger charge is 2.18. The standard InChI is InChI=1S/C18H16ClN3O3S/c1-10(26-18-21-13-4-2-11(19)8-14(13)22-18)17(23)20-12-3-5-15-16(9-12)25-7-6-24-15/h2-5,8-10H,6-7H2,1H3,(H,20,23)(H,21,22). The first kappa shape index (κ1) is 17.1. The van der Waals surface area contributed by atoms with Crippen LogP contribution in [0.2, 0.25) is 5.02 Å². The number of nitrogens with zero attached hydrogens (tertiary/aromatic N) is 1. The highest BCUT2D eigenvalue weighted by atomic mass is 35.5. The number of thioether (sulfide) groups is 1. The van der Waals surface area contributed by atoms with Crippen molar-refractivity contribution in [3.05, 3.63) is 41.4 Å². The lowest BCUT2D eigenvalue weighted by Crippen LogP contribution is -2.23. The van der Waals surface area contributed by atoms with Crippen LogP contribution >= 0.6 is 23.4 Å². The summed E-state index contributed by atoms with van der Waals surface area (Å²) in [4.78, 5) is 20.1. The highest BCUT2D eigenvalue weighted by molar-refractivity contribution is 8.00. The Kier molecular flexibility index (Phi) is 4.65. The predicted molar refractivity (Wildman–Crippen MR) is 102 cm³/mol. The van der Waals surface area contributed by atoms with Gasteiger partial charge in [0.2, 0.25) is 5.91 Å². The van der Waals surface area contributed by atoms with E-state index in [-0.39, 0.29) is 11.2 Å². The zero-order valence-corrected chi connectivity index (χ0v) is 15.5. The summed E-state index contributed by atoms with van der Waals surface area (Å²) in [5.41, 5.74) is 2.33. The van der Waals surface area contributed by atoms with Crippen LogP contribution in [0.15, 0.2) is 41.6 Å². The molecule has 0 spiro atoms. The zero-order chi connectivity index (χ0) is 18.1. The van der Waals surface area contributed by atoms with Crippen LogP contribution in [0.5, 0.6) is 11.5 Å². The van der Waals surface area contributed by atoms with E-state index in [0.29, 0.717) is 40.6 Å². The molecule has 2 aromatic carbocycles. The summed E-state index contributed by atoms with van der Waals surface area (Å²) in [7, 11) is 0. The molecular weight excluding hydrogens is 374 g/mol. The van der Waals surface area contributed by atoms with Crippen LogP contribution in [0, 0.1) is 0 Å². The number of hydrogen-bond acceptors (Lipinski definition) is 5. The monoisotopic (exact) mass is 389 g/mol. The molecule has 3 aromatic rings. The van der Waals surface area contributed by atoms with Crippen molar-refractivity contribution in [2.24, 2.45) is 0 Å². The lowest BCUT2D eigenvalue weighted by Gasteiger charge is -2.19. The molecule has 1 aliphatic rings. The Bertz CT molecular complexity index is 975. The van der Waals surface area contributed by atoms with Crippen molar-refractivity contribution in [3.8, 4) is 11.5 Å². The second-order valence-electron chi connectivity index (χ2n) is 5.81. The molecule has 1 aliphatic heterocycles. The molecule has 1 atom stereocenters. The molecule has 1 amide bonds. The van der Waals surface area contributed by atoms with Crippen molar-refractivity contribution in [2.75, 3.05) is 18.5 Å². The molecule has 1 aromatic heterocycles. The minimum absolute atomic E-state index is 0.120. The number of carbonyl (C=O) groups is 1. The number of halogens is 1. The minimum Gasteiger partial charge on any atom is -0.486 e. The average molecular weight is 390 g/mol. The molecule has 0 aliphatic carbocycles. The summed E-state index contributed by atoms with van der Waals surface area (Å²) >= 11 is 7.34. The van der Waals surface area contributed by atoms with Crippen LogP contribution in [-0.2, 0) is 4.79 Å². The second kappa shape index (κ2) is 7.09. The van der Waals surface area contributed by atoms with Crippen LogP contribution in [0.3, 0.4) is 0 Å². The molecule has 1 unspecified atom stereocenters. The van der Waals surface area contributed by atoms with Crippen molar-refractivity contribution in [2.45, 2.75) is 17.3 Å². The van der Waals surface area contributed by atoms with Gasteiger partial charge >= 0.3 is 0 Å². The lowest BCUT2D eigenvalue weighted by molar-refractivity contribution is -0.115. The van der Waals surface area contributed by atoms with E-state index in [1.807, 2.05) is 19.1 Å². The molecule has 2 heterocycles. The van der Waals surface area contributed by atoms with Crippen molar-refractivity contribution < 1.29 is 14.3 Å². The van der Waals surface area contributed by atoms with E-state index in [2.05, 4.69) is 15.3 Å². The number of H-pyrrole nitrogens is 1. The quantitative estimate of drug-likeness (QED) is 0.657. The Morgan fingerprint density at radius 1 is 1.23 bits per heavy atom. The first-order valence-corrected chi connectivity index (χ1v) is 9.37. The third-order valence-corrected chi connectivity index (χ3v) is 5.11. The van der Waals surface area contributed by atoms with E-state index in [0.717, 1.165) is 11.0 Å². The van der Waals surface area contributed by atoms with Crippen molar-refractivity contribution in [1.82, 2.24) is 9.97 Å². The van der Waals surface area contributed by atoms with Crippen molar-refractivity contribution in [1.29, 1.82) is 0 Å². The number of rotatable bonds is 4. The van der Waals surface area contributed by atoms with Gasteiger partial charge < -0.3 is 19.8 Å². The van der Waals surface area contributed by atoms with Crippen molar-refractivity contribution >= 4 is 46.0 Å². The zero-order valence-electron chi connectivity index (χ0n) is 13.9. The SMILES string of the molecule is CC(Sc1nc2ccc(Cl)cc2[nH]1)C(=O)Nc1ccc2c(c1)OCCO2. The normalized spacial score (nSPS) is 14.2. The number of aromatic amines is 1. The molecule has 0 saturated heterocycles. The number of aromatic nitrogens is 2. The Morgan fingerprint density at radius 2 is 2.04 bits per heavy atom. The predicted octanol–water partition coefficient (Wildman–Crippen LogP) is 4.11. The van der Waals surface area contributed by atoms with E-state index in [1.165, 1.54) is 11.8 Å². The molecule has 26 heavy (non-hydrogen) atoms. The molecule has 0 radical (unpaired) electrons. The third kappa shape index (κ3) is 3.59. The summed E-state index contributed by atoms with van der Waals surface area (Å²) in [5.74, 6) is 1.21. The molecular formula is C18H16ClN3O3S. The van der Waals surface area contributed by atoms with E-state index in [1.54, 1.807) is 24.3 Å². The summed E-state index contributed by atoms with van der Waals surface area (Å²) < 4.78 is 11.0. The number of ether oxygens (including phenoxy) is 2. The fraction of sp³-hybridized carbons (Fsp3) is 0.222. The largest absolute Gasteiger partial charge is 0.486 e.